The third-order valence-electron chi connectivity index (χ3n) is 5.58. The van der Waals surface area contributed by atoms with Gasteiger partial charge < -0.3 is 21.7 Å². The highest BCUT2D eigenvalue weighted by molar-refractivity contribution is 5.94. The Morgan fingerprint density at radius 3 is 2.19 bits per heavy atom. The van der Waals surface area contributed by atoms with Crippen LogP contribution in [0.3, 0.4) is 0 Å². The van der Waals surface area contributed by atoms with Gasteiger partial charge >= 0.3 is 0 Å². The molecule has 0 unspecified atom stereocenters. The molecule has 31 heavy (non-hydrogen) atoms. The number of nitrogen functional groups attached to an aromatic ring is 1. The number of hydrogen-bond acceptors (Lipinski definition) is 4. The second-order valence-corrected chi connectivity index (χ2v) is 7.82. The van der Waals surface area contributed by atoms with Crippen LogP contribution in [0.2, 0.25) is 0 Å². The molecule has 3 rings (SSSR count). The molecule has 0 bridgehead atoms. The molecule has 2 amide bonds. The lowest BCUT2D eigenvalue weighted by atomic mass is 9.88. The van der Waals surface area contributed by atoms with Crippen molar-refractivity contribution < 1.29 is 9.59 Å². The van der Waals surface area contributed by atoms with Crippen LogP contribution in [-0.4, -0.2) is 37.3 Å². The number of carbonyl (C=O) groups excluding carboxylic acids is 2. The summed E-state index contributed by atoms with van der Waals surface area (Å²) in [5, 5.41) is 15.9. The van der Waals surface area contributed by atoms with Crippen molar-refractivity contribution in [3.63, 3.8) is 0 Å². The van der Waals surface area contributed by atoms with E-state index in [0.717, 1.165) is 24.0 Å². The van der Waals surface area contributed by atoms with Gasteiger partial charge in [0.05, 0.1) is 13.1 Å². The first-order valence-corrected chi connectivity index (χ1v) is 10.3. The number of benzene rings is 2. The summed E-state index contributed by atoms with van der Waals surface area (Å²) in [4.78, 5) is 24.0. The lowest BCUT2D eigenvalue weighted by molar-refractivity contribution is -0.125. The fourth-order valence-electron chi connectivity index (χ4n) is 3.53. The molecule has 0 aromatic heterocycles. The second kappa shape index (κ2) is 10.0. The summed E-state index contributed by atoms with van der Waals surface area (Å²) in [7, 11) is 0. The van der Waals surface area contributed by atoms with Crippen LogP contribution in [0.1, 0.15) is 29.5 Å². The van der Waals surface area contributed by atoms with Gasteiger partial charge in [-0.2, -0.15) is 0 Å². The van der Waals surface area contributed by atoms with Crippen molar-refractivity contribution in [2.75, 3.05) is 19.6 Å². The number of hydrogen-bond donors (Lipinski definition) is 5. The maximum absolute atomic E-state index is 12.0. The minimum absolute atomic E-state index is 0.00264. The molecule has 0 atom stereocenters. The number of nitrogens with two attached hydrogens (primary N) is 1. The zero-order valence-corrected chi connectivity index (χ0v) is 17.5. The van der Waals surface area contributed by atoms with E-state index in [-0.39, 0.29) is 36.2 Å². The predicted octanol–water partition coefficient (Wildman–Crippen LogP) is 1.58. The summed E-state index contributed by atoms with van der Waals surface area (Å²) in [6.45, 7) is 5.17. The Bertz CT molecular complexity index is 950. The van der Waals surface area contributed by atoms with Gasteiger partial charge in [0.15, 0.2) is 0 Å². The second-order valence-electron chi connectivity index (χ2n) is 7.82. The standard InChI is InChI=1S/C24H29N5O2/c1-17(24(11-12-24)20-5-3-2-4-6-20)13-27-15-21(30)29-16-22(31)28-14-18-7-9-19(10-8-18)23(25)26/h2-10,27H,1,11-16H2,(H3,25,26)(H,28,31)(H,29,30). The van der Waals surface area contributed by atoms with Crippen LogP contribution in [0.5, 0.6) is 0 Å². The largest absolute Gasteiger partial charge is 0.384 e. The van der Waals surface area contributed by atoms with Crippen molar-refractivity contribution in [1.29, 1.82) is 5.41 Å². The van der Waals surface area contributed by atoms with E-state index >= 15 is 0 Å². The summed E-state index contributed by atoms with van der Waals surface area (Å²) >= 11 is 0. The number of nitrogens with one attached hydrogen (secondary N) is 4. The topological polar surface area (TPSA) is 120 Å². The number of carbonyl (C=O) groups is 2. The zero-order valence-electron chi connectivity index (χ0n) is 17.5. The van der Waals surface area contributed by atoms with E-state index in [1.54, 1.807) is 24.3 Å². The number of amidine groups is 1. The average Bonchev–Trinajstić information content (AvgIpc) is 3.59. The minimum Gasteiger partial charge on any atom is -0.384 e. The van der Waals surface area contributed by atoms with Crippen LogP contribution in [0.4, 0.5) is 0 Å². The Balaban J connectivity index is 1.32. The highest BCUT2D eigenvalue weighted by atomic mass is 16.2. The first kappa shape index (κ1) is 22.2. The maximum atomic E-state index is 12.0. The average molecular weight is 420 g/mol. The molecule has 0 aliphatic heterocycles. The Kier molecular flexibility index (Phi) is 7.20. The maximum Gasteiger partial charge on any atom is 0.239 e. The molecule has 7 nitrogen and oxygen atoms in total. The third kappa shape index (κ3) is 6.02. The highest BCUT2D eigenvalue weighted by Gasteiger charge is 2.46. The molecule has 0 saturated heterocycles. The SMILES string of the molecule is C=C(CNCC(=O)NCC(=O)NCc1ccc(C(=N)N)cc1)C1(c2ccccc2)CC1. The summed E-state index contributed by atoms with van der Waals surface area (Å²) in [6, 6.07) is 17.4. The van der Waals surface area contributed by atoms with Crippen LogP contribution in [0, 0.1) is 5.41 Å². The summed E-state index contributed by atoms with van der Waals surface area (Å²) in [5.74, 6) is -0.504. The quantitative estimate of drug-likeness (QED) is 0.216. The monoisotopic (exact) mass is 419 g/mol. The molecular weight excluding hydrogens is 390 g/mol. The van der Waals surface area contributed by atoms with Crippen LogP contribution >= 0.6 is 0 Å². The lowest BCUT2D eigenvalue weighted by Gasteiger charge is -2.19. The fraction of sp³-hybridized carbons (Fsp3) is 0.292. The van der Waals surface area contributed by atoms with Gasteiger partial charge in [-0.05, 0) is 24.0 Å². The first-order valence-electron chi connectivity index (χ1n) is 10.3. The van der Waals surface area contributed by atoms with E-state index in [1.165, 1.54) is 5.56 Å². The Labute approximate surface area is 182 Å². The number of rotatable bonds is 11. The smallest absolute Gasteiger partial charge is 0.239 e. The minimum atomic E-state index is -0.269. The van der Waals surface area contributed by atoms with Gasteiger partial charge in [0, 0.05) is 24.1 Å². The molecule has 7 heteroatoms. The molecule has 1 saturated carbocycles. The Morgan fingerprint density at radius 1 is 0.935 bits per heavy atom. The van der Waals surface area contributed by atoms with Gasteiger partial charge in [0.2, 0.25) is 11.8 Å². The fourth-order valence-corrected chi connectivity index (χ4v) is 3.53. The van der Waals surface area contributed by atoms with Gasteiger partial charge in [-0.1, -0.05) is 66.7 Å². The van der Waals surface area contributed by atoms with Crippen LogP contribution in [0.25, 0.3) is 0 Å². The van der Waals surface area contributed by atoms with Crippen LogP contribution < -0.4 is 21.7 Å². The van der Waals surface area contributed by atoms with Gasteiger partial charge in [-0.15, -0.1) is 0 Å². The summed E-state index contributed by atoms with van der Waals surface area (Å²) in [5.41, 5.74) is 9.33. The Hall–Kier alpha value is -3.45. The van der Waals surface area contributed by atoms with Crippen molar-refractivity contribution in [3.05, 3.63) is 83.4 Å². The van der Waals surface area contributed by atoms with Crippen molar-refractivity contribution in [2.45, 2.75) is 24.8 Å². The Morgan fingerprint density at radius 2 is 1.58 bits per heavy atom. The molecule has 6 N–H and O–H groups in total. The normalized spacial score (nSPS) is 13.8. The van der Waals surface area contributed by atoms with Crippen molar-refractivity contribution in [2.24, 2.45) is 5.73 Å². The van der Waals surface area contributed by atoms with Gasteiger partial charge in [-0.3, -0.25) is 15.0 Å². The molecule has 2 aromatic carbocycles. The van der Waals surface area contributed by atoms with Gasteiger partial charge in [0.25, 0.3) is 0 Å². The summed E-state index contributed by atoms with van der Waals surface area (Å²) in [6.07, 6.45) is 2.17. The molecular formula is C24H29N5O2. The highest BCUT2D eigenvalue weighted by Crippen LogP contribution is 2.52. The van der Waals surface area contributed by atoms with Gasteiger partial charge in [0.1, 0.15) is 5.84 Å². The van der Waals surface area contributed by atoms with Crippen molar-refractivity contribution >= 4 is 17.6 Å². The predicted molar refractivity (Wildman–Crippen MR) is 122 cm³/mol. The number of amides is 2. The molecule has 0 radical (unpaired) electrons. The third-order valence-corrected chi connectivity index (χ3v) is 5.58. The van der Waals surface area contributed by atoms with Gasteiger partial charge in [-0.25, -0.2) is 0 Å². The van der Waals surface area contributed by atoms with Crippen LogP contribution in [0.15, 0.2) is 66.7 Å². The molecule has 1 aliphatic rings. The molecule has 162 valence electrons. The zero-order chi connectivity index (χ0) is 22.3. The molecule has 0 spiro atoms. The van der Waals surface area contributed by atoms with E-state index in [4.69, 9.17) is 11.1 Å². The molecule has 1 aliphatic carbocycles. The first-order chi connectivity index (χ1) is 14.9. The molecule has 0 heterocycles. The molecule has 1 fully saturated rings. The summed E-state index contributed by atoms with van der Waals surface area (Å²) < 4.78 is 0. The molecule has 2 aromatic rings. The van der Waals surface area contributed by atoms with Crippen molar-refractivity contribution in [3.8, 4) is 0 Å². The van der Waals surface area contributed by atoms with Crippen molar-refractivity contribution in [1.82, 2.24) is 16.0 Å². The van der Waals surface area contributed by atoms with Crippen LogP contribution in [-0.2, 0) is 21.5 Å². The van der Waals surface area contributed by atoms with E-state index in [9.17, 15) is 9.59 Å². The van der Waals surface area contributed by atoms with E-state index in [1.807, 2.05) is 18.2 Å². The van der Waals surface area contributed by atoms with E-state index < -0.39 is 0 Å². The van der Waals surface area contributed by atoms with E-state index in [2.05, 4.69) is 34.7 Å². The lowest BCUT2D eigenvalue weighted by Crippen LogP contribution is -2.41. The van der Waals surface area contributed by atoms with E-state index in [0.29, 0.717) is 18.7 Å².